The molecule has 0 radical (unpaired) electrons. The van der Waals surface area contributed by atoms with Gasteiger partial charge in [-0.2, -0.15) is 0 Å². The lowest BCUT2D eigenvalue weighted by Crippen LogP contribution is -2.51. The van der Waals surface area contributed by atoms with Crippen molar-refractivity contribution in [2.24, 2.45) is 5.92 Å². The van der Waals surface area contributed by atoms with Crippen molar-refractivity contribution in [3.63, 3.8) is 0 Å². The van der Waals surface area contributed by atoms with Gasteiger partial charge in [-0.15, -0.1) is 0 Å². The van der Waals surface area contributed by atoms with Gasteiger partial charge in [0.25, 0.3) is 0 Å². The van der Waals surface area contributed by atoms with E-state index in [-0.39, 0.29) is 35.9 Å². The number of carbonyl (C=O) groups is 1. The Bertz CT molecular complexity index is 527. The number of halogens is 1. The van der Waals surface area contributed by atoms with E-state index >= 15 is 0 Å². The minimum atomic E-state index is -0.270. The highest BCUT2D eigenvalue weighted by Gasteiger charge is 2.38. The van der Waals surface area contributed by atoms with E-state index in [2.05, 4.69) is 10.9 Å². The Morgan fingerprint density at radius 1 is 1.23 bits per heavy atom. The van der Waals surface area contributed by atoms with Crippen LogP contribution < -0.4 is 10.9 Å². The number of morpholine rings is 1. The molecule has 4 atom stereocenters. The highest BCUT2D eigenvalue weighted by Crippen LogP contribution is 2.27. The summed E-state index contributed by atoms with van der Waals surface area (Å²) in [7, 11) is 0. The molecule has 6 heteroatoms. The summed E-state index contributed by atoms with van der Waals surface area (Å²) in [5.74, 6) is -0.342. The summed E-state index contributed by atoms with van der Waals surface area (Å²) in [5.41, 5.74) is 7.10. The average Bonchev–Trinajstić information content (AvgIpc) is 2.95. The van der Waals surface area contributed by atoms with E-state index in [1.165, 1.54) is 12.1 Å². The third kappa shape index (κ3) is 3.14. The average molecular weight is 307 g/mol. The monoisotopic (exact) mass is 307 g/mol. The van der Waals surface area contributed by atoms with Crippen molar-refractivity contribution in [2.75, 3.05) is 19.6 Å². The van der Waals surface area contributed by atoms with Gasteiger partial charge in [0, 0.05) is 19.6 Å². The van der Waals surface area contributed by atoms with Crippen LogP contribution in [0.3, 0.4) is 0 Å². The molecule has 0 spiro atoms. The number of hydrogen-bond donors (Lipinski definition) is 2. The Morgan fingerprint density at radius 2 is 1.86 bits per heavy atom. The predicted molar refractivity (Wildman–Crippen MR) is 80.4 cm³/mol. The summed E-state index contributed by atoms with van der Waals surface area (Å²) >= 11 is 0. The van der Waals surface area contributed by atoms with Gasteiger partial charge in [0.15, 0.2) is 0 Å². The van der Waals surface area contributed by atoms with Crippen LogP contribution in [0.4, 0.5) is 4.39 Å². The largest absolute Gasteiger partial charge is 0.372 e. The van der Waals surface area contributed by atoms with Crippen LogP contribution in [0.1, 0.15) is 25.5 Å². The Kier molecular flexibility index (Phi) is 4.42. The summed E-state index contributed by atoms with van der Waals surface area (Å²) in [4.78, 5) is 14.7. The number of rotatable bonds is 2. The number of carbonyl (C=O) groups excluding carboxylic acids is 1. The van der Waals surface area contributed by atoms with Crippen LogP contribution in [-0.2, 0) is 9.53 Å². The highest BCUT2D eigenvalue weighted by atomic mass is 19.1. The molecule has 22 heavy (non-hydrogen) atoms. The van der Waals surface area contributed by atoms with Crippen LogP contribution in [0.25, 0.3) is 0 Å². The van der Waals surface area contributed by atoms with Crippen LogP contribution >= 0.6 is 0 Å². The van der Waals surface area contributed by atoms with Gasteiger partial charge in [0.1, 0.15) is 5.82 Å². The number of benzene rings is 1. The van der Waals surface area contributed by atoms with Gasteiger partial charge in [-0.3, -0.25) is 10.2 Å². The summed E-state index contributed by atoms with van der Waals surface area (Å²) in [6.45, 7) is 5.78. The number of nitrogens with zero attached hydrogens (tertiary/aromatic N) is 1. The first-order chi connectivity index (χ1) is 10.5. The number of amides is 1. The molecule has 0 bridgehead atoms. The van der Waals surface area contributed by atoms with Gasteiger partial charge >= 0.3 is 0 Å². The molecular weight excluding hydrogens is 285 g/mol. The van der Waals surface area contributed by atoms with Gasteiger partial charge in [0.05, 0.1) is 24.2 Å². The minimum Gasteiger partial charge on any atom is -0.372 e. The second kappa shape index (κ2) is 6.32. The predicted octanol–water partition coefficient (Wildman–Crippen LogP) is 1.23. The first-order valence-corrected chi connectivity index (χ1v) is 7.72. The lowest BCUT2D eigenvalue weighted by atomic mass is 9.93. The lowest BCUT2D eigenvalue weighted by Gasteiger charge is -2.37. The van der Waals surface area contributed by atoms with Gasteiger partial charge in [-0.1, -0.05) is 12.1 Å². The number of hydrogen-bond acceptors (Lipinski definition) is 4. The molecule has 120 valence electrons. The smallest absolute Gasteiger partial charge is 0.229 e. The van der Waals surface area contributed by atoms with Gasteiger partial charge in [0.2, 0.25) is 5.91 Å². The molecule has 3 rings (SSSR count). The molecule has 0 aromatic heterocycles. The van der Waals surface area contributed by atoms with E-state index in [1.54, 1.807) is 12.1 Å². The number of hydrazine groups is 1. The van der Waals surface area contributed by atoms with Gasteiger partial charge in [-0.05, 0) is 31.5 Å². The fraction of sp³-hybridized carbons (Fsp3) is 0.562. The molecule has 5 nitrogen and oxygen atoms in total. The normalized spacial score (nSPS) is 32.2. The van der Waals surface area contributed by atoms with E-state index in [4.69, 9.17) is 4.74 Å². The maximum atomic E-state index is 13.1. The summed E-state index contributed by atoms with van der Waals surface area (Å²) in [5, 5.41) is 0. The van der Waals surface area contributed by atoms with Gasteiger partial charge in [-0.25, -0.2) is 9.82 Å². The fourth-order valence-corrected chi connectivity index (χ4v) is 3.31. The van der Waals surface area contributed by atoms with Crippen LogP contribution in [0.2, 0.25) is 0 Å². The van der Waals surface area contributed by atoms with E-state index in [0.717, 1.165) is 5.56 Å². The van der Waals surface area contributed by atoms with Crippen LogP contribution in [0.15, 0.2) is 24.3 Å². The second-order valence-electron chi connectivity index (χ2n) is 6.16. The third-order valence-corrected chi connectivity index (χ3v) is 4.26. The van der Waals surface area contributed by atoms with Crippen molar-refractivity contribution in [3.05, 3.63) is 35.6 Å². The minimum absolute atomic E-state index is 0.0549. The molecule has 2 aliphatic rings. The number of ether oxygens (including phenoxy) is 1. The molecule has 1 amide bonds. The summed E-state index contributed by atoms with van der Waals surface area (Å²) in [6, 6.07) is 6.17. The Hall–Kier alpha value is -1.50. The molecule has 2 fully saturated rings. The van der Waals surface area contributed by atoms with Crippen LogP contribution in [0.5, 0.6) is 0 Å². The van der Waals surface area contributed by atoms with Crippen molar-refractivity contribution >= 4 is 5.91 Å². The molecule has 1 aromatic rings. The van der Waals surface area contributed by atoms with Crippen LogP contribution in [0, 0.1) is 11.7 Å². The molecule has 2 aliphatic heterocycles. The van der Waals surface area contributed by atoms with Crippen molar-refractivity contribution in [3.8, 4) is 0 Å². The first kappa shape index (κ1) is 15.4. The van der Waals surface area contributed by atoms with E-state index < -0.39 is 0 Å². The molecule has 4 unspecified atom stereocenters. The molecule has 0 saturated carbocycles. The maximum Gasteiger partial charge on any atom is 0.229 e. The van der Waals surface area contributed by atoms with Crippen molar-refractivity contribution in [2.45, 2.75) is 32.1 Å². The molecule has 2 N–H and O–H groups in total. The zero-order valence-corrected chi connectivity index (χ0v) is 12.9. The zero-order chi connectivity index (χ0) is 15.7. The zero-order valence-electron chi connectivity index (χ0n) is 12.9. The second-order valence-corrected chi connectivity index (χ2v) is 6.16. The number of nitrogens with one attached hydrogen (secondary N) is 2. The molecule has 2 heterocycles. The first-order valence-electron chi connectivity index (χ1n) is 7.72. The van der Waals surface area contributed by atoms with E-state index in [9.17, 15) is 9.18 Å². The van der Waals surface area contributed by atoms with Crippen molar-refractivity contribution in [1.82, 2.24) is 15.8 Å². The van der Waals surface area contributed by atoms with E-state index in [1.807, 2.05) is 18.7 Å². The Labute approximate surface area is 129 Å². The summed E-state index contributed by atoms with van der Waals surface area (Å²) < 4.78 is 18.8. The Morgan fingerprint density at radius 3 is 2.50 bits per heavy atom. The van der Waals surface area contributed by atoms with Crippen molar-refractivity contribution in [1.29, 1.82) is 0 Å². The molecule has 0 aliphatic carbocycles. The van der Waals surface area contributed by atoms with Gasteiger partial charge < -0.3 is 9.64 Å². The molecule has 2 saturated heterocycles. The quantitative estimate of drug-likeness (QED) is 0.863. The molecule has 1 aromatic carbocycles. The third-order valence-electron chi connectivity index (χ3n) is 4.26. The molecular formula is C16H22FN3O2. The Balaban J connectivity index is 1.74. The fourth-order valence-electron chi connectivity index (χ4n) is 3.31. The topological polar surface area (TPSA) is 53.6 Å². The lowest BCUT2D eigenvalue weighted by molar-refractivity contribution is -0.147. The standard InChI is InChI=1S/C16H22FN3O2/c1-10-8-20(9-11(2)22-10)16(21)14-7-18-19-15(14)12-3-5-13(17)6-4-12/h3-6,10-11,14-15,18-19H,7-9H2,1-2H3. The van der Waals surface area contributed by atoms with Crippen LogP contribution in [-0.4, -0.2) is 42.6 Å². The maximum absolute atomic E-state index is 13.1. The highest BCUT2D eigenvalue weighted by molar-refractivity contribution is 5.80. The van der Waals surface area contributed by atoms with Crippen molar-refractivity contribution < 1.29 is 13.9 Å². The SMILES string of the molecule is CC1CN(C(=O)C2CNNC2c2ccc(F)cc2)CC(C)O1. The summed E-state index contributed by atoms with van der Waals surface area (Å²) in [6.07, 6.45) is 0.110. The van der Waals surface area contributed by atoms with E-state index in [0.29, 0.717) is 19.6 Å².